The number of benzene rings is 1. The van der Waals surface area contributed by atoms with Crippen LogP contribution in [0, 0.1) is 0 Å². The maximum atomic E-state index is 6.06. The van der Waals surface area contributed by atoms with Crippen molar-refractivity contribution in [1.29, 1.82) is 0 Å². The topological polar surface area (TPSA) is 38.5 Å². The van der Waals surface area contributed by atoms with Crippen LogP contribution in [-0.4, -0.2) is 31.1 Å². The van der Waals surface area contributed by atoms with Gasteiger partial charge in [0.1, 0.15) is 5.75 Å². The lowest BCUT2D eigenvalue weighted by Crippen LogP contribution is -2.36. The largest absolute Gasteiger partial charge is 0.497 e. The van der Waals surface area contributed by atoms with Crippen LogP contribution in [0.1, 0.15) is 37.8 Å². The van der Waals surface area contributed by atoms with Crippen LogP contribution >= 0.6 is 15.9 Å². The maximum Gasteiger partial charge on any atom is 0.119 e. The highest BCUT2D eigenvalue weighted by Crippen LogP contribution is 2.37. The molecule has 0 saturated heterocycles. The van der Waals surface area contributed by atoms with Crippen LogP contribution < -0.4 is 10.5 Å². The molecule has 19 heavy (non-hydrogen) atoms. The van der Waals surface area contributed by atoms with Gasteiger partial charge in [0, 0.05) is 23.1 Å². The van der Waals surface area contributed by atoms with Gasteiger partial charge in [0.15, 0.2) is 0 Å². The van der Waals surface area contributed by atoms with Crippen LogP contribution in [0.15, 0.2) is 22.7 Å². The molecular formula is C15H23BrN2O. The number of methoxy groups -OCH3 is 1. The Morgan fingerprint density at radius 3 is 2.74 bits per heavy atom. The van der Waals surface area contributed by atoms with Crippen molar-refractivity contribution in [2.24, 2.45) is 5.73 Å². The molecule has 0 aromatic heterocycles. The summed E-state index contributed by atoms with van der Waals surface area (Å²) in [7, 11) is 1.70. The first-order valence-corrected chi connectivity index (χ1v) is 7.79. The lowest BCUT2D eigenvalue weighted by molar-refractivity contribution is 0.190. The Labute approximate surface area is 124 Å². The van der Waals surface area contributed by atoms with Crippen molar-refractivity contribution in [2.75, 3.05) is 20.2 Å². The SMILES string of the molecule is CCCN(C1CC1)C(CN)c1cc(OC)ccc1Br. The number of nitrogens with zero attached hydrogens (tertiary/aromatic N) is 1. The fourth-order valence-electron chi connectivity index (χ4n) is 2.60. The summed E-state index contributed by atoms with van der Waals surface area (Å²) in [6.07, 6.45) is 3.77. The Hall–Kier alpha value is -0.580. The molecule has 1 unspecified atom stereocenters. The molecule has 0 spiro atoms. The molecule has 0 heterocycles. The van der Waals surface area contributed by atoms with Gasteiger partial charge in [-0.3, -0.25) is 4.90 Å². The lowest BCUT2D eigenvalue weighted by atomic mass is 10.0. The molecule has 1 fully saturated rings. The van der Waals surface area contributed by atoms with Crippen molar-refractivity contribution in [3.05, 3.63) is 28.2 Å². The van der Waals surface area contributed by atoms with Crippen molar-refractivity contribution in [3.8, 4) is 5.75 Å². The Morgan fingerprint density at radius 1 is 1.47 bits per heavy atom. The zero-order valence-corrected chi connectivity index (χ0v) is 13.3. The van der Waals surface area contributed by atoms with Gasteiger partial charge in [0.2, 0.25) is 0 Å². The van der Waals surface area contributed by atoms with E-state index in [9.17, 15) is 0 Å². The van der Waals surface area contributed by atoms with E-state index in [0.717, 1.165) is 23.2 Å². The van der Waals surface area contributed by atoms with Crippen LogP contribution in [0.2, 0.25) is 0 Å². The Bertz CT molecular complexity index is 421. The van der Waals surface area contributed by atoms with Crippen LogP contribution in [0.4, 0.5) is 0 Å². The van der Waals surface area contributed by atoms with Gasteiger partial charge in [0.25, 0.3) is 0 Å². The van der Waals surface area contributed by atoms with Gasteiger partial charge in [-0.1, -0.05) is 22.9 Å². The van der Waals surface area contributed by atoms with E-state index in [-0.39, 0.29) is 6.04 Å². The zero-order chi connectivity index (χ0) is 13.8. The Balaban J connectivity index is 2.28. The van der Waals surface area contributed by atoms with E-state index in [1.165, 1.54) is 18.4 Å². The highest BCUT2D eigenvalue weighted by Gasteiger charge is 2.34. The summed E-state index contributed by atoms with van der Waals surface area (Å²) >= 11 is 3.65. The second-order valence-electron chi connectivity index (χ2n) is 5.11. The zero-order valence-electron chi connectivity index (χ0n) is 11.7. The van der Waals surface area contributed by atoms with Crippen LogP contribution in [0.3, 0.4) is 0 Å². The predicted molar refractivity (Wildman–Crippen MR) is 82.5 cm³/mol. The average Bonchev–Trinajstić information content (AvgIpc) is 3.25. The van der Waals surface area contributed by atoms with E-state index in [4.69, 9.17) is 10.5 Å². The quantitative estimate of drug-likeness (QED) is 0.835. The first-order chi connectivity index (χ1) is 9.21. The molecule has 2 rings (SSSR count). The van der Waals surface area contributed by atoms with Crippen molar-refractivity contribution in [1.82, 2.24) is 4.90 Å². The summed E-state index contributed by atoms with van der Waals surface area (Å²) in [5, 5.41) is 0. The fraction of sp³-hybridized carbons (Fsp3) is 0.600. The third kappa shape index (κ3) is 3.50. The molecule has 0 bridgehead atoms. The molecule has 3 nitrogen and oxygen atoms in total. The average molecular weight is 327 g/mol. The molecular weight excluding hydrogens is 304 g/mol. The normalized spacial score (nSPS) is 16.7. The van der Waals surface area contributed by atoms with Gasteiger partial charge in [-0.2, -0.15) is 0 Å². The molecule has 1 aromatic carbocycles. The minimum Gasteiger partial charge on any atom is -0.497 e. The van der Waals surface area contributed by atoms with Crippen LogP contribution in [0.25, 0.3) is 0 Å². The standard InChI is InChI=1S/C15H23BrN2O/c1-3-8-18(11-4-5-11)15(10-17)13-9-12(19-2)6-7-14(13)16/h6-7,9,11,15H,3-5,8,10,17H2,1-2H3. The summed E-state index contributed by atoms with van der Waals surface area (Å²) in [4.78, 5) is 2.56. The maximum absolute atomic E-state index is 6.06. The summed E-state index contributed by atoms with van der Waals surface area (Å²) in [5.74, 6) is 0.892. The predicted octanol–water partition coefficient (Wildman–Crippen LogP) is 3.33. The van der Waals surface area contributed by atoms with E-state index in [0.29, 0.717) is 12.6 Å². The number of ether oxygens (including phenoxy) is 1. The summed E-state index contributed by atoms with van der Waals surface area (Å²) in [6, 6.07) is 7.12. The van der Waals surface area contributed by atoms with Crippen molar-refractivity contribution >= 4 is 15.9 Å². The van der Waals surface area contributed by atoms with Gasteiger partial charge in [-0.25, -0.2) is 0 Å². The lowest BCUT2D eigenvalue weighted by Gasteiger charge is -2.32. The number of nitrogens with two attached hydrogens (primary N) is 1. The van der Waals surface area contributed by atoms with Gasteiger partial charge in [-0.15, -0.1) is 0 Å². The molecule has 1 aromatic rings. The third-order valence-corrected chi connectivity index (χ3v) is 4.41. The fourth-order valence-corrected chi connectivity index (χ4v) is 3.11. The molecule has 1 atom stereocenters. The summed E-state index contributed by atoms with van der Waals surface area (Å²) in [5.41, 5.74) is 7.30. The highest BCUT2D eigenvalue weighted by molar-refractivity contribution is 9.10. The minimum absolute atomic E-state index is 0.275. The summed E-state index contributed by atoms with van der Waals surface area (Å²) < 4.78 is 6.46. The molecule has 1 aliphatic rings. The molecule has 106 valence electrons. The Kier molecular flexibility index (Phi) is 5.25. The second kappa shape index (κ2) is 6.73. The van der Waals surface area contributed by atoms with Gasteiger partial charge in [-0.05, 0) is 49.6 Å². The monoisotopic (exact) mass is 326 g/mol. The molecule has 0 aliphatic heterocycles. The molecule has 4 heteroatoms. The Morgan fingerprint density at radius 2 is 2.21 bits per heavy atom. The molecule has 1 aliphatic carbocycles. The van der Waals surface area contributed by atoms with Gasteiger partial charge < -0.3 is 10.5 Å². The van der Waals surface area contributed by atoms with E-state index in [2.05, 4.69) is 33.8 Å². The van der Waals surface area contributed by atoms with Crippen molar-refractivity contribution in [2.45, 2.75) is 38.3 Å². The molecule has 0 amide bonds. The number of halogens is 1. The smallest absolute Gasteiger partial charge is 0.119 e. The first kappa shape index (κ1) is 14.8. The third-order valence-electron chi connectivity index (χ3n) is 3.68. The van der Waals surface area contributed by atoms with Crippen LogP contribution in [0.5, 0.6) is 5.75 Å². The summed E-state index contributed by atoms with van der Waals surface area (Å²) in [6.45, 7) is 3.97. The van der Waals surface area contributed by atoms with Gasteiger partial charge in [0.05, 0.1) is 7.11 Å². The van der Waals surface area contributed by atoms with E-state index in [1.54, 1.807) is 7.11 Å². The van der Waals surface area contributed by atoms with Crippen LogP contribution in [-0.2, 0) is 0 Å². The van der Waals surface area contributed by atoms with E-state index in [1.807, 2.05) is 12.1 Å². The first-order valence-electron chi connectivity index (χ1n) is 7.00. The minimum atomic E-state index is 0.275. The van der Waals surface area contributed by atoms with Gasteiger partial charge >= 0.3 is 0 Å². The number of hydrogen-bond donors (Lipinski definition) is 1. The van der Waals surface area contributed by atoms with Crippen molar-refractivity contribution < 1.29 is 4.74 Å². The molecule has 0 radical (unpaired) electrons. The number of hydrogen-bond acceptors (Lipinski definition) is 3. The molecule has 2 N–H and O–H groups in total. The van der Waals surface area contributed by atoms with Crippen molar-refractivity contribution in [3.63, 3.8) is 0 Å². The molecule has 1 saturated carbocycles. The second-order valence-corrected chi connectivity index (χ2v) is 5.96. The highest BCUT2D eigenvalue weighted by atomic mass is 79.9. The van der Waals surface area contributed by atoms with E-state index < -0.39 is 0 Å². The number of rotatable bonds is 7. The van der Waals surface area contributed by atoms with E-state index >= 15 is 0 Å².